The third kappa shape index (κ3) is 3.79. The third-order valence-electron chi connectivity index (χ3n) is 2.91. The van der Waals surface area contributed by atoms with E-state index >= 15 is 0 Å². The summed E-state index contributed by atoms with van der Waals surface area (Å²) in [5.41, 5.74) is 0.480. The van der Waals surface area contributed by atoms with Crippen LogP contribution in [-0.2, 0) is 30.1 Å². The molecule has 21 heavy (non-hydrogen) atoms. The van der Waals surface area contributed by atoms with Crippen molar-refractivity contribution in [3.8, 4) is 0 Å². The summed E-state index contributed by atoms with van der Waals surface area (Å²) >= 11 is 5.91. The quantitative estimate of drug-likeness (QED) is 0.803. The molecular weight excluding hydrogens is 316 g/mol. The van der Waals surface area contributed by atoms with Crippen molar-refractivity contribution in [1.82, 2.24) is 19.5 Å². The van der Waals surface area contributed by atoms with E-state index in [0.717, 1.165) is 0 Å². The number of benzene rings is 1. The van der Waals surface area contributed by atoms with Gasteiger partial charge in [-0.25, -0.2) is 13.1 Å². The number of hydrogen-bond donors (Lipinski definition) is 2. The normalized spacial score (nSPS) is 11.8. The highest BCUT2D eigenvalue weighted by molar-refractivity contribution is 7.89. The Morgan fingerprint density at radius 2 is 2.19 bits per heavy atom. The Morgan fingerprint density at radius 1 is 1.43 bits per heavy atom. The van der Waals surface area contributed by atoms with Gasteiger partial charge >= 0.3 is 0 Å². The summed E-state index contributed by atoms with van der Waals surface area (Å²) in [6.45, 7) is -0.0762. The van der Waals surface area contributed by atoms with E-state index in [1.807, 2.05) is 0 Å². The molecule has 0 aliphatic rings. The molecule has 114 valence electrons. The van der Waals surface area contributed by atoms with Crippen molar-refractivity contribution < 1.29 is 13.5 Å². The molecule has 0 unspecified atom stereocenters. The molecule has 2 rings (SSSR count). The van der Waals surface area contributed by atoms with E-state index in [9.17, 15) is 8.42 Å². The average Bonchev–Trinajstić information content (AvgIpc) is 2.84. The molecule has 1 heterocycles. The Hall–Kier alpha value is -1.48. The van der Waals surface area contributed by atoms with Gasteiger partial charge in [0.1, 0.15) is 17.0 Å². The van der Waals surface area contributed by atoms with Gasteiger partial charge in [0, 0.05) is 20.0 Å². The molecule has 1 aromatic carbocycles. The Labute approximate surface area is 127 Å². The minimum atomic E-state index is -3.74. The maximum Gasteiger partial charge on any atom is 0.242 e. The molecular formula is C12H15ClN4O3S. The number of aliphatic hydroxyl groups is 1. The maximum absolute atomic E-state index is 12.2. The number of rotatable bonds is 6. The molecule has 2 N–H and O–H groups in total. The molecule has 0 radical (unpaired) electrons. The van der Waals surface area contributed by atoms with E-state index in [4.69, 9.17) is 16.7 Å². The molecule has 0 spiro atoms. The fourth-order valence-electron chi connectivity index (χ4n) is 1.76. The number of nitrogens with one attached hydrogen (secondary N) is 1. The third-order valence-corrected chi connectivity index (χ3v) is 4.86. The van der Waals surface area contributed by atoms with Crippen molar-refractivity contribution in [2.45, 2.75) is 17.9 Å². The first-order chi connectivity index (χ1) is 9.94. The van der Waals surface area contributed by atoms with Gasteiger partial charge in [-0.05, 0) is 17.7 Å². The van der Waals surface area contributed by atoms with Crippen LogP contribution < -0.4 is 4.72 Å². The zero-order chi connectivity index (χ0) is 15.5. The lowest BCUT2D eigenvalue weighted by Crippen LogP contribution is -2.27. The fraction of sp³-hybridized carbons (Fsp3) is 0.333. The highest BCUT2D eigenvalue weighted by atomic mass is 35.5. The second-order valence-corrected chi connectivity index (χ2v) is 6.57. The first kappa shape index (κ1) is 15.9. The Kier molecular flexibility index (Phi) is 4.94. The van der Waals surface area contributed by atoms with Gasteiger partial charge < -0.3 is 9.67 Å². The van der Waals surface area contributed by atoms with Gasteiger partial charge in [-0.15, -0.1) is 10.2 Å². The molecule has 0 bridgehead atoms. The standard InChI is InChI=1S/C12H15ClN4O3S/c1-17-8-14-16-12(17)4-5-15-21(19,20)11-6-9(7-18)2-3-10(11)13/h2-3,6,8,15,18H,4-5,7H2,1H3. The summed E-state index contributed by atoms with van der Waals surface area (Å²) in [6.07, 6.45) is 1.96. The molecule has 2 aromatic rings. The van der Waals surface area contributed by atoms with Crippen molar-refractivity contribution in [2.24, 2.45) is 7.05 Å². The number of hydrogen-bond acceptors (Lipinski definition) is 5. The predicted octanol–water partition coefficient (Wildman–Crippen LogP) is 0.482. The smallest absolute Gasteiger partial charge is 0.242 e. The van der Waals surface area contributed by atoms with Crippen molar-refractivity contribution in [3.63, 3.8) is 0 Å². The summed E-state index contributed by atoms with van der Waals surface area (Å²) in [6, 6.07) is 4.37. The Balaban J connectivity index is 2.10. The number of halogens is 1. The minimum absolute atomic E-state index is 0.0475. The summed E-state index contributed by atoms with van der Waals surface area (Å²) < 4.78 is 28.6. The monoisotopic (exact) mass is 330 g/mol. The van der Waals surface area contributed by atoms with E-state index in [2.05, 4.69) is 14.9 Å². The van der Waals surface area contributed by atoms with Crippen LogP contribution in [0.15, 0.2) is 29.4 Å². The molecule has 0 amide bonds. The molecule has 0 saturated heterocycles. The molecule has 7 nitrogen and oxygen atoms in total. The van der Waals surface area contributed by atoms with E-state index in [-0.39, 0.29) is 23.1 Å². The Morgan fingerprint density at radius 3 is 2.81 bits per heavy atom. The lowest BCUT2D eigenvalue weighted by molar-refractivity contribution is 0.281. The summed E-state index contributed by atoms with van der Waals surface area (Å²) in [5.74, 6) is 0.674. The summed E-state index contributed by atoms with van der Waals surface area (Å²) in [5, 5.41) is 16.8. The highest BCUT2D eigenvalue weighted by Gasteiger charge is 2.18. The maximum atomic E-state index is 12.2. The molecule has 0 aliphatic carbocycles. The van der Waals surface area contributed by atoms with Gasteiger partial charge in [-0.3, -0.25) is 0 Å². The zero-order valence-corrected chi connectivity index (χ0v) is 12.9. The van der Waals surface area contributed by atoms with Crippen molar-refractivity contribution in [3.05, 3.63) is 40.9 Å². The highest BCUT2D eigenvalue weighted by Crippen LogP contribution is 2.22. The van der Waals surface area contributed by atoms with E-state index in [1.54, 1.807) is 24.0 Å². The van der Waals surface area contributed by atoms with Crippen molar-refractivity contribution >= 4 is 21.6 Å². The van der Waals surface area contributed by atoms with Gasteiger partial charge in [0.2, 0.25) is 10.0 Å². The predicted molar refractivity (Wildman–Crippen MR) is 77.3 cm³/mol. The van der Waals surface area contributed by atoms with Crippen LogP contribution in [0.1, 0.15) is 11.4 Å². The van der Waals surface area contributed by atoms with Crippen LogP contribution in [0.25, 0.3) is 0 Å². The number of sulfonamides is 1. The number of nitrogens with zero attached hydrogens (tertiary/aromatic N) is 3. The lowest BCUT2D eigenvalue weighted by atomic mass is 10.2. The SMILES string of the molecule is Cn1cnnc1CCNS(=O)(=O)c1cc(CO)ccc1Cl. The van der Waals surface area contributed by atoms with Gasteiger partial charge in [-0.2, -0.15) is 0 Å². The van der Waals surface area contributed by atoms with Crippen LogP contribution in [0, 0.1) is 0 Å². The second kappa shape index (κ2) is 6.52. The molecule has 0 aliphatic heterocycles. The molecule has 1 aromatic heterocycles. The molecule has 0 fully saturated rings. The largest absolute Gasteiger partial charge is 0.392 e. The van der Waals surface area contributed by atoms with Crippen LogP contribution in [0.2, 0.25) is 5.02 Å². The van der Waals surface area contributed by atoms with Gasteiger partial charge in [0.25, 0.3) is 0 Å². The van der Waals surface area contributed by atoms with E-state index in [0.29, 0.717) is 17.8 Å². The summed E-state index contributed by atoms with van der Waals surface area (Å²) in [4.78, 5) is -0.0475. The van der Waals surface area contributed by atoms with Gasteiger partial charge in [0.15, 0.2) is 0 Å². The molecule has 0 saturated carbocycles. The molecule has 9 heteroatoms. The number of aromatic nitrogens is 3. The topological polar surface area (TPSA) is 97.1 Å². The zero-order valence-electron chi connectivity index (χ0n) is 11.3. The second-order valence-electron chi connectivity index (χ2n) is 4.43. The number of aliphatic hydroxyl groups excluding tert-OH is 1. The van der Waals surface area contributed by atoms with Crippen LogP contribution in [-0.4, -0.2) is 34.8 Å². The average molecular weight is 331 g/mol. The van der Waals surface area contributed by atoms with Crippen molar-refractivity contribution in [1.29, 1.82) is 0 Å². The van der Waals surface area contributed by atoms with Gasteiger partial charge in [-0.1, -0.05) is 17.7 Å². The molecule has 0 atom stereocenters. The first-order valence-electron chi connectivity index (χ1n) is 6.16. The first-order valence-corrected chi connectivity index (χ1v) is 8.02. The van der Waals surface area contributed by atoms with Crippen molar-refractivity contribution in [2.75, 3.05) is 6.54 Å². The minimum Gasteiger partial charge on any atom is -0.392 e. The van der Waals surface area contributed by atoms with Gasteiger partial charge in [0.05, 0.1) is 11.6 Å². The lowest BCUT2D eigenvalue weighted by Gasteiger charge is -2.09. The fourth-order valence-corrected chi connectivity index (χ4v) is 3.34. The van der Waals surface area contributed by atoms with Crippen LogP contribution in [0.4, 0.5) is 0 Å². The van der Waals surface area contributed by atoms with E-state index in [1.165, 1.54) is 12.1 Å². The van der Waals surface area contributed by atoms with E-state index < -0.39 is 10.0 Å². The van der Waals surface area contributed by atoms with Crippen LogP contribution in [0.5, 0.6) is 0 Å². The number of aryl methyl sites for hydroxylation is 1. The Bertz CT molecular complexity index is 730. The van der Waals surface area contributed by atoms with Crippen LogP contribution in [0.3, 0.4) is 0 Å². The summed E-state index contributed by atoms with van der Waals surface area (Å²) in [7, 11) is -1.96. The van der Waals surface area contributed by atoms with Crippen LogP contribution >= 0.6 is 11.6 Å².